The van der Waals surface area contributed by atoms with Crippen molar-refractivity contribution in [2.45, 2.75) is 13.3 Å². The van der Waals surface area contributed by atoms with Crippen molar-refractivity contribution in [3.05, 3.63) is 0 Å². The summed E-state index contributed by atoms with van der Waals surface area (Å²) in [6.45, 7) is 2.85. The van der Waals surface area contributed by atoms with Gasteiger partial charge in [0.1, 0.15) is 6.54 Å². The highest BCUT2D eigenvalue weighted by atomic mass is 16.1. The Bertz CT molecular complexity index is 117. The maximum atomic E-state index is 10.1. The first kappa shape index (κ1) is 7.96. The molecule has 3 heteroatoms. The van der Waals surface area contributed by atoms with Crippen LogP contribution in [0.1, 0.15) is 13.3 Å². The minimum Gasteiger partial charge on any atom is -0.332 e. The van der Waals surface area contributed by atoms with Gasteiger partial charge in [-0.2, -0.15) is 5.26 Å². The van der Waals surface area contributed by atoms with E-state index in [1.165, 1.54) is 4.90 Å². The summed E-state index contributed by atoms with van der Waals surface area (Å²) in [5.41, 5.74) is 0. The third-order valence-electron chi connectivity index (χ3n) is 0.934. The van der Waals surface area contributed by atoms with E-state index in [0.717, 1.165) is 6.42 Å². The minimum atomic E-state index is 0.206. The Kier molecular flexibility index (Phi) is 4.51. The Morgan fingerprint density at radius 2 is 2.44 bits per heavy atom. The van der Waals surface area contributed by atoms with Gasteiger partial charge in [-0.25, -0.2) is 0 Å². The molecule has 0 fully saturated rings. The van der Waals surface area contributed by atoms with Gasteiger partial charge in [-0.05, 0) is 6.42 Å². The zero-order valence-electron chi connectivity index (χ0n) is 5.50. The van der Waals surface area contributed by atoms with Crippen molar-refractivity contribution in [3.63, 3.8) is 0 Å². The van der Waals surface area contributed by atoms with E-state index in [1.54, 1.807) is 0 Å². The molecule has 0 rings (SSSR count). The van der Waals surface area contributed by atoms with Gasteiger partial charge in [0, 0.05) is 6.54 Å². The van der Waals surface area contributed by atoms with Crippen LogP contribution in [0.25, 0.3) is 0 Å². The van der Waals surface area contributed by atoms with Crippen molar-refractivity contribution in [1.29, 1.82) is 5.26 Å². The molecular weight excluding hydrogens is 116 g/mol. The number of hydrogen-bond donors (Lipinski definition) is 0. The number of nitriles is 1. The first-order valence-electron chi connectivity index (χ1n) is 2.91. The van der Waals surface area contributed by atoms with Crippen LogP contribution in [0.15, 0.2) is 0 Å². The average Bonchev–Trinajstić information content (AvgIpc) is 1.88. The molecule has 1 amide bonds. The lowest BCUT2D eigenvalue weighted by Crippen LogP contribution is -2.22. The van der Waals surface area contributed by atoms with Crippen LogP contribution in [-0.4, -0.2) is 24.4 Å². The molecule has 0 aliphatic rings. The average molecular weight is 126 g/mol. The monoisotopic (exact) mass is 126 g/mol. The second-order valence-corrected chi connectivity index (χ2v) is 1.73. The van der Waals surface area contributed by atoms with Crippen molar-refractivity contribution in [2.24, 2.45) is 0 Å². The van der Waals surface area contributed by atoms with Crippen LogP contribution < -0.4 is 0 Å². The Balaban J connectivity index is 3.44. The largest absolute Gasteiger partial charge is 0.332 e. The van der Waals surface area contributed by atoms with Crippen LogP contribution in [0.4, 0.5) is 0 Å². The predicted molar refractivity (Wildman–Crippen MR) is 33.5 cm³/mol. The summed E-state index contributed by atoms with van der Waals surface area (Å²) in [5.74, 6) is 0. The highest BCUT2D eigenvalue weighted by Crippen LogP contribution is 1.83. The van der Waals surface area contributed by atoms with Gasteiger partial charge in [-0.1, -0.05) is 6.92 Å². The maximum Gasteiger partial charge on any atom is 0.210 e. The first-order valence-corrected chi connectivity index (χ1v) is 2.91. The van der Waals surface area contributed by atoms with Gasteiger partial charge < -0.3 is 4.90 Å². The van der Waals surface area contributed by atoms with Gasteiger partial charge >= 0.3 is 0 Å². The number of hydrogen-bond acceptors (Lipinski definition) is 2. The minimum absolute atomic E-state index is 0.206. The molecule has 0 saturated carbocycles. The molecule has 0 saturated heterocycles. The van der Waals surface area contributed by atoms with Gasteiger partial charge in [0.2, 0.25) is 6.41 Å². The summed E-state index contributed by atoms with van der Waals surface area (Å²) in [4.78, 5) is 11.5. The molecule has 0 bridgehead atoms. The molecule has 0 N–H and O–H groups in total. The van der Waals surface area contributed by atoms with E-state index in [2.05, 4.69) is 0 Å². The third kappa shape index (κ3) is 3.53. The van der Waals surface area contributed by atoms with Crippen molar-refractivity contribution in [2.75, 3.05) is 13.1 Å². The molecule has 0 aromatic rings. The second kappa shape index (κ2) is 5.10. The van der Waals surface area contributed by atoms with Gasteiger partial charge in [0.15, 0.2) is 0 Å². The molecule has 0 heterocycles. The molecule has 0 aromatic carbocycles. The zero-order chi connectivity index (χ0) is 7.11. The zero-order valence-corrected chi connectivity index (χ0v) is 5.50. The maximum absolute atomic E-state index is 10.1. The van der Waals surface area contributed by atoms with Crippen LogP contribution in [0.3, 0.4) is 0 Å². The number of rotatable bonds is 4. The van der Waals surface area contributed by atoms with Crippen LogP contribution in [0.2, 0.25) is 0 Å². The van der Waals surface area contributed by atoms with E-state index in [4.69, 9.17) is 5.26 Å². The quantitative estimate of drug-likeness (QED) is 0.403. The molecule has 0 aliphatic carbocycles. The summed E-state index contributed by atoms with van der Waals surface area (Å²) in [6, 6.07) is 1.90. The molecule has 0 aromatic heterocycles. The van der Waals surface area contributed by atoms with Crippen molar-refractivity contribution in [1.82, 2.24) is 4.90 Å². The molecule has 3 nitrogen and oxygen atoms in total. The van der Waals surface area contributed by atoms with Crippen molar-refractivity contribution in [3.8, 4) is 6.07 Å². The topological polar surface area (TPSA) is 44.1 Å². The highest BCUT2D eigenvalue weighted by Gasteiger charge is 1.94. The van der Waals surface area contributed by atoms with Crippen LogP contribution in [0, 0.1) is 11.3 Å². The fraction of sp³-hybridized carbons (Fsp3) is 0.667. The number of nitrogens with zero attached hydrogens (tertiary/aromatic N) is 2. The summed E-state index contributed by atoms with van der Waals surface area (Å²) >= 11 is 0. The summed E-state index contributed by atoms with van der Waals surface area (Å²) in [7, 11) is 0. The van der Waals surface area contributed by atoms with E-state index in [-0.39, 0.29) is 6.54 Å². The Hall–Kier alpha value is -1.04. The summed E-state index contributed by atoms with van der Waals surface area (Å²) < 4.78 is 0. The fourth-order valence-corrected chi connectivity index (χ4v) is 0.547. The lowest BCUT2D eigenvalue weighted by Gasteiger charge is -2.09. The molecule has 0 unspecified atom stereocenters. The fourth-order valence-electron chi connectivity index (χ4n) is 0.547. The summed E-state index contributed by atoms with van der Waals surface area (Å²) in [6.07, 6.45) is 1.60. The van der Waals surface area contributed by atoms with Crippen LogP contribution in [-0.2, 0) is 4.79 Å². The summed E-state index contributed by atoms with van der Waals surface area (Å²) in [5, 5.41) is 8.14. The smallest absolute Gasteiger partial charge is 0.210 e. The van der Waals surface area contributed by atoms with Crippen molar-refractivity contribution < 1.29 is 4.79 Å². The van der Waals surface area contributed by atoms with E-state index in [1.807, 2.05) is 13.0 Å². The molecule has 0 radical (unpaired) electrons. The predicted octanol–water partition coefficient (Wildman–Crippen LogP) is 0.378. The molecule has 9 heavy (non-hydrogen) atoms. The Morgan fingerprint density at radius 3 is 2.78 bits per heavy atom. The van der Waals surface area contributed by atoms with Gasteiger partial charge in [0.05, 0.1) is 6.07 Å². The van der Waals surface area contributed by atoms with Gasteiger partial charge in [0.25, 0.3) is 0 Å². The third-order valence-corrected chi connectivity index (χ3v) is 0.934. The second-order valence-electron chi connectivity index (χ2n) is 1.73. The number of amides is 1. The lowest BCUT2D eigenvalue weighted by molar-refractivity contribution is -0.117. The van der Waals surface area contributed by atoms with Gasteiger partial charge in [-0.15, -0.1) is 0 Å². The SMILES string of the molecule is CCCN(C=O)CC#N. The molecule has 50 valence electrons. The van der Waals surface area contributed by atoms with E-state index < -0.39 is 0 Å². The van der Waals surface area contributed by atoms with E-state index >= 15 is 0 Å². The molecule has 0 spiro atoms. The van der Waals surface area contributed by atoms with E-state index in [9.17, 15) is 4.79 Å². The Morgan fingerprint density at radius 1 is 1.78 bits per heavy atom. The standard InChI is InChI=1S/C6H10N2O/c1-2-4-8(6-9)5-3-7/h6H,2,4-5H2,1H3. The molecular formula is C6H10N2O. The van der Waals surface area contributed by atoms with Crippen molar-refractivity contribution >= 4 is 6.41 Å². The Labute approximate surface area is 54.9 Å². The van der Waals surface area contributed by atoms with Gasteiger partial charge in [-0.3, -0.25) is 4.79 Å². The number of carbonyl (C=O) groups is 1. The lowest BCUT2D eigenvalue weighted by atomic mass is 10.4. The highest BCUT2D eigenvalue weighted by molar-refractivity contribution is 5.47. The molecule has 0 atom stereocenters. The normalized spacial score (nSPS) is 8.00. The first-order chi connectivity index (χ1) is 4.35. The van der Waals surface area contributed by atoms with Crippen LogP contribution in [0.5, 0.6) is 0 Å². The molecule has 0 aliphatic heterocycles. The van der Waals surface area contributed by atoms with E-state index in [0.29, 0.717) is 13.0 Å². The van der Waals surface area contributed by atoms with Crippen LogP contribution >= 0.6 is 0 Å². The number of carbonyl (C=O) groups excluding carboxylic acids is 1.